The quantitative estimate of drug-likeness (QED) is 0.767. The van der Waals surface area contributed by atoms with Gasteiger partial charge in [0.05, 0.1) is 11.9 Å². The lowest BCUT2D eigenvalue weighted by molar-refractivity contribution is -0.274. The van der Waals surface area contributed by atoms with Gasteiger partial charge in [-0.3, -0.25) is 4.79 Å². The number of hydrogen-bond acceptors (Lipinski definition) is 5. The molecule has 1 saturated heterocycles. The Kier molecular flexibility index (Phi) is 5.12. The van der Waals surface area contributed by atoms with Crippen molar-refractivity contribution in [3.8, 4) is 11.5 Å². The van der Waals surface area contributed by atoms with Crippen LogP contribution in [0.5, 0.6) is 11.5 Å². The van der Waals surface area contributed by atoms with Crippen molar-refractivity contribution in [2.24, 2.45) is 4.99 Å². The fourth-order valence-electron chi connectivity index (χ4n) is 2.71. The average molecular weight is 409 g/mol. The number of halogens is 3. The minimum Gasteiger partial charge on any atom is -0.439 e. The predicted octanol–water partition coefficient (Wildman–Crippen LogP) is 3.80. The molecular formula is C19H18F3N3O4. The third kappa shape index (κ3) is 4.58. The van der Waals surface area contributed by atoms with Gasteiger partial charge in [-0.15, -0.1) is 13.2 Å². The van der Waals surface area contributed by atoms with Gasteiger partial charge in [-0.05, 0) is 44.9 Å². The van der Waals surface area contributed by atoms with Crippen LogP contribution in [-0.2, 0) is 4.79 Å². The van der Waals surface area contributed by atoms with E-state index in [0.717, 1.165) is 11.0 Å². The van der Waals surface area contributed by atoms with E-state index in [-0.39, 0.29) is 28.6 Å². The van der Waals surface area contributed by atoms with Crippen LogP contribution in [0.1, 0.15) is 25.8 Å². The van der Waals surface area contributed by atoms with Gasteiger partial charge in [-0.1, -0.05) is 12.1 Å². The van der Waals surface area contributed by atoms with Gasteiger partial charge in [-0.2, -0.15) is 0 Å². The van der Waals surface area contributed by atoms with Crippen LogP contribution in [0, 0.1) is 6.92 Å². The molecule has 2 aliphatic heterocycles. The minimum atomic E-state index is -4.82. The van der Waals surface area contributed by atoms with Crippen molar-refractivity contribution in [3.63, 3.8) is 0 Å². The zero-order chi connectivity index (χ0) is 21.4. The molecule has 1 aromatic carbocycles. The molecule has 1 N–H and O–H groups in total. The molecule has 2 aliphatic rings. The highest BCUT2D eigenvalue weighted by molar-refractivity contribution is 6.11. The number of nitrogens with one attached hydrogen (secondary N) is 1. The van der Waals surface area contributed by atoms with Crippen LogP contribution >= 0.6 is 0 Å². The second kappa shape index (κ2) is 7.26. The smallest absolute Gasteiger partial charge is 0.439 e. The molecule has 0 aromatic heterocycles. The van der Waals surface area contributed by atoms with Crippen LogP contribution in [0.4, 0.5) is 18.0 Å². The molecule has 0 aliphatic carbocycles. The summed E-state index contributed by atoms with van der Waals surface area (Å²) in [7, 11) is 0. The maximum Gasteiger partial charge on any atom is 0.573 e. The van der Waals surface area contributed by atoms with Gasteiger partial charge in [0, 0.05) is 6.07 Å². The zero-order valence-electron chi connectivity index (χ0n) is 15.8. The standard InChI is InChI=1S/C19H18F3N3O4/c1-11-7-8-13(9-14(11)29-19(20,21)22)28-15-6-4-5-12(10-23-15)25-16(26)18(2,3)24-17(25)27/h5-10H,4H2,1-3H3,(H,24,27). The molecule has 1 aromatic rings. The summed E-state index contributed by atoms with van der Waals surface area (Å²) in [5, 5.41) is 2.57. The van der Waals surface area contributed by atoms with Gasteiger partial charge in [0.1, 0.15) is 17.0 Å². The van der Waals surface area contributed by atoms with E-state index in [4.69, 9.17) is 4.74 Å². The first-order valence-electron chi connectivity index (χ1n) is 8.61. The van der Waals surface area contributed by atoms with E-state index in [1.807, 2.05) is 0 Å². The number of benzene rings is 1. The highest BCUT2D eigenvalue weighted by atomic mass is 19.4. The third-order valence-corrected chi connectivity index (χ3v) is 4.17. The van der Waals surface area contributed by atoms with Gasteiger partial charge in [-0.25, -0.2) is 14.7 Å². The lowest BCUT2D eigenvalue weighted by atomic mass is 10.1. The number of allylic oxidation sites excluding steroid dienone is 3. The van der Waals surface area contributed by atoms with Crippen molar-refractivity contribution in [2.45, 2.75) is 39.1 Å². The van der Waals surface area contributed by atoms with Crippen LogP contribution in [-0.4, -0.2) is 35.0 Å². The molecule has 0 spiro atoms. The SMILES string of the molecule is Cc1ccc(OC2=CCC=C(N3C(=O)NC(C)(C)C3=O)C=N2)cc1OC(F)(F)F. The highest BCUT2D eigenvalue weighted by Gasteiger charge is 2.45. The summed E-state index contributed by atoms with van der Waals surface area (Å²) >= 11 is 0. The number of amides is 3. The number of ether oxygens (including phenoxy) is 2. The van der Waals surface area contributed by atoms with Gasteiger partial charge in [0.25, 0.3) is 5.91 Å². The molecule has 1 fully saturated rings. The minimum absolute atomic E-state index is 0.0952. The maximum atomic E-state index is 12.5. The molecule has 0 bridgehead atoms. The summed E-state index contributed by atoms with van der Waals surface area (Å²) in [6.07, 6.45) is -0.0547. The number of aryl methyl sites for hydroxylation is 1. The lowest BCUT2D eigenvalue weighted by Crippen LogP contribution is -2.40. The normalized spacial score (nSPS) is 18.8. The van der Waals surface area contributed by atoms with Crippen LogP contribution < -0.4 is 14.8 Å². The Balaban J connectivity index is 1.75. The molecule has 0 radical (unpaired) electrons. The maximum absolute atomic E-state index is 12.5. The van der Waals surface area contributed by atoms with Crippen molar-refractivity contribution in [1.29, 1.82) is 0 Å². The molecule has 0 saturated carbocycles. The first kappa shape index (κ1) is 20.4. The monoisotopic (exact) mass is 409 g/mol. The number of carbonyl (C=O) groups excluding carboxylic acids is 2. The molecular weight excluding hydrogens is 391 g/mol. The molecule has 0 unspecified atom stereocenters. The molecule has 2 heterocycles. The first-order chi connectivity index (χ1) is 13.5. The molecule has 0 atom stereocenters. The molecule has 154 valence electrons. The number of urea groups is 1. The lowest BCUT2D eigenvalue weighted by Gasteiger charge is -2.16. The largest absolute Gasteiger partial charge is 0.573 e. The van der Waals surface area contributed by atoms with Crippen LogP contribution in [0.2, 0.25) is 0 Å². The Labute approximate surface area is 164 Å². The summed E-state index contributed by atoms with van der Waals surface area (Å²) in [6.45, 7) is 4.66. The van der Waals surface area contributed by atoms with Gasteiger partial charge >= 0.3 is 12.4 Å². The number of hydrogen-bond donors (Lipinski definition) is 1. The second-order valence-electron chi connectivity index (χ2n) is 6.94. The fourth-order valence-corrected chi connectivity index (χ4v) is 2.71. The van der Waals surface area contributed by atoms with Crippen LogP contribution in [0.3, 0.4) is 0 Å². The molecule has 3 amide bonds. The Bertz CT molecular complexity index is 949. The number of aliphatic imine (C=N–C) groups is 1. The van der Waals surface area contributed by atoms with Crippen molar-refractivity contribution in [3.05, 3.63) is 47.5 Å². The van der Waals surface area contributed by atoms with Crippen LogP contribution in [0.15, 0.2) is 46.9 Å². The number of rotatable bonds is 4. The first-order valence-corrected chi connectivity index (χ1v) is 8.61. The van der Waals surface area contributed by atoms with E-state index >= 15 is 0 Å². The van der Waals surface area contributed by atoms with Gasteiger partial charge in [0.2, 0.25) is 5.88 Å². The number of nitrogens with zero attached hydrogens (tertiary/aromatic N) is 2. The Morgan fingerprint density at radius 1 is 1.21 bits per heavy atom. The Hall–Kier alpha value is -3.30. The fraction of sp³-hybridized carbons (Fsp3) is 0.316. The molecule has 29 heavy (non-hydrogen) atoms. The number of alkyl halides is 3. The van der Waals surface area contributed by atoms with Crippen molar-refractivity contribution < 1.29 is 32.2 Å². The Morgan fingerprint density at radius 3 is 2.55 bits per heavy atom. The molecule has 7 nitrogen and oxygen atoms in total. The second-order valence-corrected chi connectivity index (χ2v) is 6.94. The van der Waals surface area contributed by atoms with E-state index in [9.17, 15) is 22.8 Å². The van der Waals surface area contributed by atoms with E-state index in [0.29, 0.717) is 6.42 Å². The zero-order valence-corrected chi connectivity index (χ0v) is 15.8. The summed E-state index contributed by atoms with van der Waals surface area (Å²) in [6, 6.07) is 3.46. The van der Waals surface area contributed by atoms with Crippen molar-refractivity contribution >= 4 is 18.2 Å². The van der Waals surface area contributed by atoms with E-state index in [1.54, 1.807) is 26.0 Å². The van der Waals surface area contributed by atoms with Gasteiger partial charge in [0.15, 0.2) is 0 Å². The van der Waals surface area contributed by atoms with Crippen LogP contribution in [0.25, 0.3) is 0 Å². The van der Waals surface area contributed by atoms with E-state index in [1.165, 1.54) is 25.3 Å². The van der Waals surface area contributed by atoms with Crippen molar-refractivity contribution in [2.75, 3.05) is 0 Å². The predicted molar refractivity (Wildman–Crippen MR) is 97.2 cm³/mol. The van der Waals surface area contributed by atoms with Gasteiger partial charge < -0.3 is 14.8 Å². The van der Waals surface area contributed by atoms with E-state index < -0.39 is 23.8 Å². The third-order valence-electron chi connectivity index (χ3n) is 4.17. The summed E-state index contributed by atoms with van der Waals surface area (Å²) < 4.78 is 47.0. The Morgan fingerprint density at radius 2 is 1.93 bits per heavy atom. The molecule has 3 rings (SSSR count). The summed E-state index contributed by atoms with van der Waals surface area (Å²) in [5.41, 5.74) is -0.460. The summed E-state index contributed by atoms with van der Waals surface area (Å²) in [5.74, 6) is -0.604. The highest BCUT2D eigenvalue weighted by Crippen LogP contribution is 2.31. The summed E-state index contributed by atoms with van der Waals surface area (Å²) in [4.78, 5) is 29.6. The topological polar surface area (TPSA) is 80.2 Å². The number of carbonyl (C=O) groups is 2. The molecule has 10 heteroatoms. The van der Waals surface area contributed by atoms with E-state index in [2.05, 4.69) is 15.0 Å². The average Bonchev–Trinajstić information content (AvgIpc) is 2.75. The number of imide groups is 1. The van der Waals surface area contributed by atoms with Crippen molar-refractivity contribution in [1.82, 2.24) is 10.2 Å².